The van der Waals surface area contributed by atoms with Crippen molar-refractivity contribution < 1.29 is 14.4 Å². The highest BCUT2D eigenvalue weighted by atomic mass is 79.9. The highest BCUT2D eigenvalue weighted by Crippen LogP contribution is 2.38. The van der Waals surface area contributed by atoms with Crippen LogP contribution in [0.3, 0.4) is 0 Å². The van der Waals surface area contributed by atoms with Crippen molar-refractivity contribution in [1.82, 2.24) is 14.7 Å². The zero-order chi connectivity index (χ0) is 23.4. The number of nitrogens with two attached hydrogens (primary N) is 1. The minimum absolute atomic E-state index is 0.178. The largest absolute Gasteiger partial charge is 0.368 e. The van der Waals surface area contributed by atoms with Crippen molar-refractivity contribution in [3.63, 3.8) is 0 Å². The van der Waals surface area contributed by atoms with E-state index in [0.29, 0.717) is 25.9 Å². The lowest BCUT2D eigenvalue weighted by Crippen LogP contribution is -2.58. The highest BCUT2D eigenvalue weighted by Gasteiger charge is 2.58. The van der Waals surface area contributed by atoms with E-state index in [9.17, 15) is 14.4 Å². The Kier molecular flexibility index (Phi) is 7.14. The molecular weight excluding hydrogens is 484 g/mol. The zero-order valence-electron chi connectivity index (χ0n) is 18.5. The first-order valence-corrected chi connectivity index (χ1v) is 12.0. The summed E-state index contributed by atoms with van der Waals surface area (Å²) in [6.45, 7) is 2.18. The molecule has 0 saturated carbocycles. The molecule has 2 aromatic rings. The van der Waals surface area contributed by atoms with Gasteiger partial charge in [0, 0.05) is 17.6 Å². The molecule has 0 atom stereocenters. The van der Waals surface area contributed by atoms with Crippen LogP contribution in [0.2, 0.25) is 0 Å². The number of hydrogen-bond acceptors (Lipinski definition) is 4. The van der Waals surface area contributed by atoms with Crippen molar-refractivity contribution in [3.8, 4) is 0 Å². The summed E-state index contributed by atoms with van der Waals surface area (Å²) in [6.07, 6.45) is 4.10. The maximum atomic E-state index is 13.5. The van der Waals surface area contributed by atoms with E-state index in [0.717, 1.165) is 23.0 Å². The topological polar surface area (TPSA) is 87.0 Å². The summed E-state index contributed by atoms with van der Waals surface area (Å²) in [4.78, 5) is 43.5. The second kappa shape index (κ2) is 10.1. The van der Waals surface area contributed by atoms with E-state index in [1.165, 1.54) is 15.4 Å². The maximum Gasteiger partial charge on any atom is 0.328 e. The molecule has 4 amide bonds. The van der Waals surface area contributed by atoms with Gasteiger partial charge < -0.3 is 15.5 Å². The smallest absolute Gasteiger partial charge is 0.328 e. The Morgan fingerprint density at radius 1 is 1.03 bits per heavy atom. The van der Waals surface area contributed by atoms with Gasteiger partial charge in [-0.3, -0.25) is 14.5 Å². The number of amides is 4. The van der Waals surface area contributed by atoms with Crippen LogP contribution in [0.15, 0.2) is 59.1 Å². The van der Waals surface area contributed by atoms with E-state index in [2.05, 4.69) is 39.4 Å². The Morgan fingerprint density at radius 2 is 1.70 bits per heavy atom. The molecule has 173 valence electrons. The van der Waals surface area contributed by atoms with Crippen LogP contribution in [0.25, 0.3) is 0 Å². The van der Waals surface area contributed by atoms with Gasteiger partial charge in [-0.25, -0.2) is 4.79 Å². The van der Waals surface area contributed by atoms with Crippen LogP contribution in [0.4, 0.5) is 4.79 Å². The number of likely N-dealkylation sites (tertiary alicyclic amines) is 1. The molecule has 0 aliphatic carbocycles. The van der Waals surface area contributed by atoms with Crippen molar-refractivity contribution in [2.45, 2.75) is 31.3 Å². The predicted molar refractivity (Wildman–Crippen MR) is 129 cm³/mol. The third-order valence-corrected chi connectivity index (χ3v) is 7.03. The number of primary amides is 1. The summed E-state index contributed by atoms with van der Waals surface area (Å²) in [5.74, 6) is -0.840. The molecule has 2 aromatic carbocycles. The molecule has 8 heteroatoms. The lowest BCUT2D eigenvalue weighted by atomic mass is 9.85. The van der Waals surface area contributed by atoms with Crippen LogP contribution in [-0.2, 0) is 16.1 Å². The molecule has 2 N–H and O–H groups in total. The van der Waals surface area contributed by atoms with Crippen LogP contribution < -0.4 is 5.73 Å². The van der Waals surface area contributed by atoms with Gasteiger partial charge in [0.15, 0.2) is 0 Å². The average Bonchev–Trinajstić information content (AvgIpc) is 2.99. The van der Waals surface area contributed by atoms with E-state index in [1.807, 2.05) is 42.5 Å². The number of carbonyl (C=O) groups is 3. The van der Waals surface area contributed by atoms with Crippen LogP contribution in [0.1, 0.15) is 30.4 Å². The van der Waals surface area contributed by atoms with E-state index < -0.39 is 17.5 Å². The van der Waals surface area contributed by atoms with Gasteiger partial charge in [0.2, 0.25) is 5.91 Å². The van der Waals surface area contributed by atoms with Gasteiger partial charge in [0.1, 0.15) is 12.1 Å². The molecule has 0 aromatic heterocycles. The lowest BCUT2D eigenvalue weighted by molar-refractivity contribution is -0.136. The predicted octanol–water partition coefficient (Wildman–Crippen LogP) is 3.18. The van der Waals surface area contributed by atoms with Crippen molar-refractivity contribution in [2.75, 3.05) is 26.2 Å². The van der Waals surface area contributed by atoms with Crippen molar-refractivity contribution in [2.24, 2.45) is 5.73 Å². The monoisotopic (exact) mass is 511 g/mol. The van der Waals surface area contributed by atoms with Crippen LogP contribution in [0, 0.1) is 6.42 Å². The van der Waals surface area contributed by atoms with E-state index in [4.69, 9.17) is 5.73 Å². The number of piperidine rings is 1. The molecule has 2 heterocycles. The quantitative estimate of drug-likeness (QED) is 0.551. The molecule has 2 aliphatic heterocycles. The minimum Gasteiger partial charge on any atom is -0.368 e. The Hall–Kier alpha value is -2.71. The fourth-order valence-corrected chi connectivity index (χ4v) is 4.97. The first kappa shape index (κ1) is 23.4. The molecule has 4 rings (SSSR count). The molecule has 0 unspecified atom stereocenters. The Labute approximate surface area is 202 Å². The molecular formula is C25H28BrN4O3. The van der Waals surface area contributed by atoms with E-state index in [-0.39, 0.29) is 19.0 Å². The van der Waals surface area contributed by atoms with Crippen LogP contribution in [0.5, 0.6) is 0 Å². The number of urea groups is 1. The normalized spacial score (nSPS) is 18.3. The molecule has 0 bridgehead atoms. The van der Waals surface area contributed by atoms with E-state index >= 15 is 0 Å². The first-order chi connectivity index (χ1) is 15.9. The molecule has 1 radical (unpaired) electrons. The summed E-state index contributed by atoms with van der Waals surface area (Å²) < 4.78 is 0.925. The van der Waals surface area contributed by atoms with Crippen molar-refractivity contribution >= 4 is 33.8 Å². The summed E-state index contributed by atoms with van der Waals surface area (Å²) in [6, 6.07) is 17.3. The maximum absolute atomic E-state index is 13.5. The minimum atomic E-state index is -0.999. The molecule has 2 fully saturated rings. The van der Waals surface area contributed by atoms with Crippen LogP contribution in [-0.4, -0.2) is 64.3 Å². The van der Waals surface area contributed by atoms with Gasteiger partial charge in [0.05, 0.1) is 6.54 Å². The molecule has 2 saturated heterocycles. The van der Waals surface area contributed by atoms with Gasteiger partial charge in [0.25, 0.3) is 5.91 Å². The van der Waals surface area contributed by atoms with Crippen LogP contribution >= 0.6 is 15.9 Å². The number of carbonyl (C=O) groups excluding carboxylic acids is 3. The summed E-state index contributed by atoms with van der Waals surface area (Å²) >= 11 is 3.40. The zero-order valence-corrected chi connectivity index (χ0v) is 20.0. The van der Waals surface area contributed by atoms with Crippen molar-refractivity contribution in [1.29, 1.82) is 0 Å². The molecule has 33 heavy (non-hydrogen) atoms. The second-order valence-electron chi connectivity index (χ2n) is 8.63. The number of benzene rings is 2. The van der Waals surface area contributed by atoms with Gasteiger partial charge >= 0.3 is 6.03 Å². The van der Waals surface area contributed by atoms with Gasteiger partial charge in [-0.2, -0.15) is 0 Å². The third-order valence-electron chi connectivity index (χ3n) is 6.50. The number of imide groups is 1. The SMILES string of the molecule is NC(=O)CN1C(=O)N(Cc2ccc(Br)cc2)C(=O)C12CCN(CC[CH]c1ccccc1)CC2. The number of nitrogens with zero attached hydrogens (tertiary/aromatic N) is 3. The van der Waals surface area contributed by atoms with Gasteiger partial charge in [-0.05, 0) is 55.5 Å². The second-order valence-corrected chi connectivity index (χ2v) is 9.55. The molecule has 1 spiro atoms. The number of hydrogen-bond donors (Lipinski definition) is 1. The Morgan fingerprint density at radius 3 is 2.33 bits per heavy atom. The number of halogens is 1. The number of rotatable bonds is 8. The Bertz CT molecular complexity index is 1000. The summed E-state index contributed by atoms with van der Waals surface area (Å²) in [5.41, 5.74) is 6.50. The summed E-state index contributed by atoms with van der Waals surface area (Å²) in [5, 5.41) is 0. The summed E-state index contributed by atoms with van der Waals surface area (Å²) in [7, 11) is 0. The lowest BCUT2D eigenvalue weighted by Gasteiger charge is -2.41. The standard InChI is InChI=1S/C25H28BrN4O3/c26-21-10-8-20(9-11-21)17-29-23(32)25(30(24(29)33)18-22(27)31)12-15-28(16-13-25)14-4-7-19-5-2-1-3-6-19/h1-3,5-11H,4,12-18H2,(H2,27,31). The van der Waals surface area contributed by atoms with Gasteiger partial charge in [-0.15, -0.1) is 0 Å². The third kappa shape index (κ3) is 5.12. The Balaban J connectivity index is 1.43. The fourth-order valence-electron chi connectivity index (χ4n) is 4.70. The van der Waals surface area contributed by atoms with E-state index in [1.54, 1.807) is 0 Å². The fraction of sp³-hybridized carbons (Fsp3) is 0.360. The first-order valence-electron chi connectivity index (χ1n) is 11.2. The molecule has 7 nitrogen and oxygen atoms in total. The molecule has 2 aliphatic rings. The van der Waals surface area contributed by atoms with Gasteiger partial charge in [-0.1, -0.05) is 58.4 Å². The van der Waals surface area contributed by atoms with Crippen molar-refractivity contribution in [3.05, 3.63) is 76.6 Å². The highest BCUT2D eigenvalue weighted by molar-refractivity contribution is 9.10. The average molecular weight is 512 g/mol.